The number of unbranched alkanes of at least 4 members (excludes halogenated alkanes) is 3. The first-order valence-corrected chi connectivity index (χ1v) is 7.06. The number of benzene rings is 1. The molecule has 0 atom stereocenters. The van der Waals surface area contributed by atoms with Crippen LogP contribution in [0.4, 0.5) is 5.69 Å². The van der Waals surface area contributed by atoms with Crippen molar-refractivity contribution in [2.75, 3.05) is 11.9 Å². The Kier molecular flexibility index (Phi) is 6.35. The number of hydrogen-bond donors (Lipinski definition) is 1. The summed E-state index contributed by atoms with van der Waals surface area (Å²) in [7, 11) is 0. The number of rotatable bonds is 7. The number of nitrogens with one attached hydrogen (secondary N) is 1. The Labute approximate surface area is 113 Å². The summed E-state index contributed by atoms with van der Waals surface area (Å²) in [5, 5.41) is 3.54. The van der Waals surface area contributed by atoms with Crippen LogP contribution in [0, 0.1) is 13.8 Å². The smallest absolute Gasteiger partial charge is 0.0400 e. The van der Waals surface area contributed by atoms with Gasteiger partial charge in [-0.05, 0) is 56.4 Å². The summed E-state index contributed by atoms with van der Waals surface area (Å²) >= 11 is 3.52. The van der Waals surface area contributed by atoms with Gasteiger partial charge in [-0.3, -0.25) is 0 Å². The molecule has 0 aromatic heterocycles. The molecule has 94 valence electrons. The molecule has 2 heteroatoms. The molecule has 0 aliphatic carbocycles. The van der Waals surface area contributed by atoms with Gasteiger partial charge in [-0.15, -0.1) is 6.58 Å². The Morgan fingerprint density at radius 2 is 1.82 bits per heavy atom. The fourth-order valence-electron chi connectivity index (χ4n) is 1.99. The van der Waals surface area contributed by atoms with Crippen LogP contribution in [0.1, 0.15) is 36.8 Å². The van der Waals surface area contributed by atoms with Gasteiger partial charge in [0.25, 0.3) is 0 Å². The summed E-state index contributed by atoms with van der Waals surface area (Å²) in [6.07, 6.45) is 6.88. The third-order valence-electron chi connectivity index (χ3n) is 2.88. The van der Waals surface area contributed by atoms with Crippen molar-refractivity contribution in [1.82, 2.24) is 0 Å². The maximum Gasteiger partial charge on any atom is 0.0400 e. The molecule has 1 nitrogen and oxygen atoms in total. The third kappa shape index (κ3) is 4.95. The molecule has 0 radical (unpaired) electrons. The van der Waals surface area contributed by atoms with E-state index in [-0.39, 0.29) is 0 Å². The molecule has 0 saturated heterocycles. The lowest BCUT2D eigenvalue weighted by atomic mass is 10.1. The molecule has 0 unspecified atom stereocenters. The molecule has 1 rings (SSSR count). The van der Waals surface area contributed by atoms with Gasteiger partial charge in [0, 0.05) is 16.7 Å². The van der Waals surface area contributed by atoms with Crippen LogP contribution in [0.25, 0.3) is 0 Å². The van der Waals surface area contributed by atoms with Crippen LogP contribution >= 0.6 is 15.9 Å². The van der Waals surface area contributed by atoms with Crippen molar-refractivity contribution in [3.8, 4) is 0 Å². The zero-order valence-electron chi connectivity index (χ0n) is 10.9. The Hall–Kier alpha value is -0.760. The minimum Gasteiger partial charge on any atom is -0.385 e. The van der Waals surface area contributed by atoms with E-state index in [4.69, 9.17) is 0 Å². The number of aryl methyl sites for hydroxylation is 2. The first-order valence-electron chi connectivity index (χ1n) is 6.26. The fourth-order valence-corrected chi connectivity index (χ4v) is 2.68. The monoisotopic (exact) mass is 295 g/mol. The molecule has 0 aliphatic rings. The van der Waals surface area contributed by atoms with E-state index < -0.39 is 0 Å². The van der Waals surface area contributed by atoms with Crippen molar-refractivity contribution < 1.29 is 0 Å². The Morgan fingerprint density at radius 1 is 1.18 bits per heavy atom. The molecular formula is C15H22BrN. The summed E-state index contributed by atoms with van der Waals surface area (Å²) in [5.74, 6) is 0. The van der Waals surface area contributed by atoms with Crippen molar-refractivity contribution in [3.63, 3.8) is 0 Å². The number of hydrogen-bond acceptors (Lipinski definition) is 1. The topological polar surface area (TPSA) is 12.0 Å². The average molecular weight is 296 g/mol. The van der Waals surface area contributed by atoms with Gasteiger partial charge in [0.1, 0.15) is 0 Å². The highest BCUT2D eigenvalue weighted by molar-refractivity contribution is 9.10. The van der Waals surface area contributed by atoms with E-state index in [0.717, 1.165) is 17.4 Å². The minimum absolute atomic E-state index is 1.06. The van der Waals surface area contributed by atoms with E-state index in [1.807, 2.05) is 6.08 Å². The lowest BCUT2D eigenvalue weighted by molar-refractivity contribution is 0.708. The van der Waals surface area contributed by atoms with Crippen LogP contribution in [0.2, 0.25) is 0 Å². The number of allylic oxidation sites excluding steroid dienone is 1. The summed E-state index contributed by atoms with van der Waals surface area (Å²) in [6, 6.07) is 4.32. The lowest BCUT2D eigenvalue weighted by Crippen LogP contribution is -2.04. The van der Waals surface area contributed by atoms with Gasteiger partial charge < -0.3 is 5.32 Å². The van der Waals surface area contributed by atoms with Crippen molar-refractivity contribution in [2.45, 2.75) is 39.5 Å². The molecule has 1 aromatic carbocycles. The normalized spacial score (nSPS) is 10.3. The van der Waals surface area contributed by atoms with E-state index in [0.29, 0.717) is 0 Å². The zero-order chi connectivity index (χ0) is 12.7. The van der Waals surface area contributed by atoms with Gasteiger partial charge in [-0.2, -0.15) is 0 Å². The van der Waals surface area contributed by atoms with E-state index in [9.17, 15) is 0 Å². The third-order valence-corrected chi connectivity index (χ3v) is 3.34. The van der Waals surface area contributed by atoms with Crippen LogP contribution < -0.4 is 5.32 Å². The van der Waals surface area contributed by atoms with Crippen molar-refractivity contribution in [3.05, 3.63) is 40.4 Å². The van der Waals surface area contributed by atoms with E-state index in [1.54, 1.807) is 0 Å². The molecule has 1 aromatic rings. The van der Waals surface area contributed by atoms with Crippen LogP contribution in [-0.2, 0) is 0 Å². The Bertz CT molecular complexity index is 348. The first-order chi connectivity index (χ1) is 8.15. The van der Waals surface area contributed by atoms with Gasteiger partial charge >= 0.3 is 0 Å². The molecule has 17 heavy (non-hydrogen) atoms. The summed E-state index contributed by atoms with van der Waals surface area (Å²) in [6.45, 7) is 9.09. The standard InChI is InChI=1S/C15H22BrN/c1-4-5-6-7-8-9-17-15-12(2)10-14(16)11-13(15)3/h4,10-11,17H,1,5-9H2,2-3H3. The molecule has 0 bridgehead atoms. The van der Waals surface area contributed by atoms with Crippen LogP contribution in [-0.4, -0.2) is 6.54 Å². The second-order valence-electron chi connectivity index (χ2n) is 4.48. The Balaban J connectivity index is 2.39. The van der Waals surface area contributed by atoms with Gasteiger partial charge in [-0.25, -0.2) is 0 Å². The minimum atomic E-state index is 1.06. The molecule has 1 N–H and O–H groups in total. The van der Waals surface area contributed by atoms with Crippen LogP contribution in [0.5, 0.6) is 0 Å². The second kappa shape index (κ2) is 7.54. The van der Waals surface area contributed by atoms with Crippen LogP contribution in [0.3, 0.4) is 0 Å². The molecule has 0 amide bonds. The van der Waals surface area contributed by atoms with Gasteiger partial charge in [0.2, 0.25) is 0 Å². The molecule has 0 spiro atoms. The highest BCUT2D eigenvalue weighted by Crippen LogP contribution is 2.25. The van der Waals surface area contributed by atoms with Crippen molar-refractivity contribution >= 4 is 21.6 Å². The summed E-state index contributed by atoms with van der Waals surface area (Å²) in [5.41, 5.74) is 3.91. The predicted octanol–water partition coefficient (Wildman–Crippen LogP) is 5.22. The molecular weight excluding hydrogens is 274 g/mol. The fraction of sp³-hybridized carbons (Fsp3) is 0.467. The van der Waals surface area contributed by atoms with Crippen LogP contribution in [0.15, 0.2) is 29.3 Å². The molecule has 0 fully saturated rings. The first kappa shape index (κ1) is 14.3. The van der Waals surface area contributed by atoms with Gasteiger partial charge in [-0.1, -0.05) is 28.4 Å². The van der Waals surface area contributed by atoms with Crippen molar-refractivity contribution in [1.29, 1.82) is 0 Å². The SMILES string of the molecule is C=CCCCCCNc1c(C)cc(Br)cc1C. The van der Waals surface area contributed by atoms with Gasteiger partial charge in [0.15, 0.2) is 0 Å². The highest BCUT2D eigenvalue weighted by atomic mass is 79.9. The zero-order valence-corrected chi connectivity index (χ0v) is 12.4. The molecule has 0 saturated carbocycles. The average Bonchev–Trinajstić information content (AvgIpc) is 2.26. The van der Waals surface area contributed by atoms with E-state index >= 15 is 0 Å². The maximum absolute atomic E-state index is 3.74. The number of anilines is 1. The van der Waals surface area contributed by atoms with E-state index in [2.05, 4.69) is 53.8 Å². The summed E-state index contributed by atoms with van der Waals surface area (Å²) in [4.78, 5) is 0. The van der Waals surface area contributed by atoms with Gasteiger partial charge in [0.05, 0.1) is 0 Å². The number of halogens is 1. The predicted molar refractivity (Wildman–Crippen MR) is 80.8 cm³/mol. The lowest BCUT2D eigenvalue weighted by Gasteiger charge is -2.13. The Morgan fingerprint density at radius 3 is 2.41 bits per heavy atom. The van der Waals surface area contributed by atoms with Crippen molar-refractivity contribution in [2.24, 2.45) is 0 Å². The molecule has 0 heterocycles. The second-order valence-corrected chi connectivity index (χ2v) is 5.40. The maximum atomic E-state index is 3.74. The van der Waals surface area contributed by atoms with E-state index in [1.165, 1.54) is 36.1 Å². The molecule has 0 aliphatic heterocycles. The highest BCUT2D eigenvalue weighted by Gasteiger charge is 2.03. The summed E-state index contributed by atoms with van der Waals surface area (Å²) < 4.78 is 1.16. The quantitative estimate of drug-likeness (QED) is 0.537. The largest absolute Gasteiger partial charge is 0.385 e.